The van der Waals surface area contributed by atoms with Crippen molar-refractivity contribution in [2.45, 2.75) is 57.2 Å². The topological polar surface area (TPSA) is 91.8 Å². The maximum absolute atomic E-state index is 14.4. The van der Waals surface area contributed by atoms with E-state index in [1.807, 2.05) is 13.8 Å². The number of aliphatic hydroxyl groups excluding tert-OH is 1. The number of rotatable bonds is 10. The molecule has 1 aromatic carbocycles. The van der Waals surface area contributed by atoms with Gasteiger partial charge in [-0.3, -0.25) is 9.59 Å². The van der Waals surface area contributed by atoms with E-state index in [4.69, 9.17) is 0 Å². The van der Waals surface area contributed by atoms with Crippen molar-refractivity contribution in [1.82, 2.24) is 9.88 Å². The standard InChI is InChI=1S/C25H28F5N3O4/c1-13(2)15-6-4-5-7-16(15)25(11-33(12-25)22(35)20(28)19(27)18(34)10-26)23(36)32-17-9-8-14(3)31-21(17)37-24(29)30/h4-9,13,18-20,24,34H,10-12H2,1-3H3,(H,32,36). The number of aryl methyl sites for hydroxylation is 1. The van der Waals surface area contributed by atoms with Crippen molar-refractivity contribution in [3.8, 4) is 5.88 Å². The first-order chi connectivity index (χ1) is 17.4. The summed E-state index contributed by atoms with van der Waals surface area (Å²) in [6.07, 6.45) is -7.92. The monoisotopic (exact) mass is 529 g/mol. The highest BCUT2D eigenvalue weighted by Crippen LogP contribution is 2.41. The van der Waals surface area contributed by atoms with E-state index in [1.54, 1.807) is 31.2 Å². The van der Waals surface area contributed by atoms with E-state index in [2.05, 4.69) is 15.0 Å². The van der Waals surface area contributed by atoms with Crippen molar-refractivity contribution in [2.75, 3.05) is 25.1 Å². The zero-order valence-electron chi connectivity index (χ0n) is 20.4. The molecule has 3 rings (SSSR count). The number of hydrogen-bond donors (Lipinski definition) is 2. The van der Waals surface area contributed by atoms with Gasteiger partial charge in [-0.2, -0.15) is 8.78 Å². The molecule has 1 saturated heterocycles. The third-order valence-electron chi connectivity index (χ3n) is 6.26. The first-order valence-corrected chi connectivity index (χ1v) is 11.6. The zero-order valence-corrected chi connectivity index (χ0v) is 20.4. The maximum Gasteiger partial charge on any atom is 0.388 e. The molecule has 202 valence electrons. The molecule has 0 spiro atoms. The number of amides is 2. The molecule has 1 fully saturated rings. The third kappa shape index (κ3) is 5.84. The third-order valence-corrected chi connectivity index (χ3v) is 6.26. The van der Waals surface area contributed by atoms with Crippen LogP contribution in [0.25, 0.3) is 0 Å². The molecule has 1 aromatic heterocycles. The fraction of sp³-hybridized carbons (Fsp3) is 0.480. The Morgan fingerprint density at radius 3 is 2.38 bits per heavy atom. The van der Waals surface area contributed by atoms with Crippen LogP contribution in [-0.4, -0.2) is 71.6 Å². The first kappa shape index (κ1) is 28.3. The molecule has 7 nitrogen and oxygen atoms in total. The Hall–Kier alpha value is -3.28. The fourth-order valence-corrected chi connectivity index (χ4v) is 4.27. The lowest BCUT2D eigenvalue weighted by Gasteiger charge is -2.50. The van der Waals surface area contributed by atoms with E-state index in [9.17, 15) is 36.6 Å². The molecule has 2 N–H and O–H groups in total. The highest BCUT2D eigenvalue weighted by atomic mass is 19.3. The van der Waals surface area contributed by atoms with Gasteiger partial charge in [0.05, 0.1) is 0 Å². The van der Waals surface area contributed by atoms with E-state index in [-0.39, 0.29) is 24.7 Å². The highest BCUT2D eigenvalue weighted by Gasteiger charge is 2.55. The maximum atomic E-state index is 14.4. The number of alkyl halides is 5. The number of likely N-dealkylation sites (tertiary alicyclic amines) is 1. The summed E-state index contributed by atoms with van der Waals surface area (Å²) in [4.78, 5) is 31.0. The Morgan fingerprint density at radius 1 is 1.14 bits per heavy atom. The Bertz CT molecular complexity index is 1130. The summed E-state index contributed by atoms with van der Waals surface area (Å²) in [5, 5.41) is 11.8. The predicted octanol–water partition coefficient (Wildman–Crippen LogP) is 3.84. The second kappa shape index (κ2) is 11.4. The van der Waals surface area contributed by atoms with Crippen molar-refractivity contribution in [1.29, 1.82) is 0 Å². The normalized spacial score (nSPS) is 17.2. The van der Waals surface area contributed by atoms with Gasteiger partial charge in [-0.1, -0.05) is 38.1 Å². The number of nitrogens with zero attached hydrogens (tertiary/aromatic N) is 2. The number of carbonyl (C=O) groups excluding carboxylic acids is 2. The van der Waals surface area contributed by atoms with Crippen molar-refractivity contribution in [2.24, 2.45) is 0 Å². The number of carbonyl (C=O) groups is 2. The van der Waals surface area contributed by atoms with E-state index >= 15 is 0 Å². The van der Waals surface area contributed by atoms with Crippen molar-refractivity contribution >= 4 is 17.5 Å². The zero-order chi connectivity index (χ0) is 27.5. The molecule has 3 unspecified atom stereocenters. The molecule has 0 saturated carbocycles. The molecule has 2 heterocycles. The second-order valence-corrected chi connectivity index (χ2v) is 9.22. The van der Waals surface area contributed by atoms with Gasteiger partial charge in [0.15, 0.2) is 6.17 Å². The number of hydrogen-bond acceptors (Lipinski definition) is 5. The first-order valence-electron chi connectivity index (χ1n) is 11.6. The summed E-state index contributed by atoms with van der Waals surface area (Å²) in [7, 11) is 0. The number of pyridine rings is 1. The molecule has 0 bridgehead atoms. The number of aliphatic hydroxyl groups is 1. The Morgan fingerprint density at radius 2 is 1.78 bits per heavy atom. The van der Waals surface area contributed by atoms with Crippen LogP contribution >= 0.6 is 0 Å². The summed E-state index contributed by atoms with van der Waals surface area (Å²) in [5.41, 5.74) is 0.0376. The van der Waals surface area contributed by atoms with Crippen molar-refractivity contribution in [3.05, 3.63) is 53.2 Å². The number of nitrogens with one attached hydrogen (secondary N) is 1. The van der Waals surface area contributed by atoms with Gasteiger partial charge < -0.3 is 20.1 Å². The molecular weight excluding hydrogens is 501 g/mol. The number of halogens is 5. The molecule has 0 aliphatic carbocycles. The fourth-order valence-electron chi connectivity index (χ4n) is 4.27. The van der Waals surface area contributed by atoms with Crippen molar-refractivity contribution < 1.29 is 41.4 Å². The van der Waals surface area contributed by atoms with Crippen LogP contribution in [0.2, 0.25) is 0 Å². The van der Waals surface area contributed by atoms with Crippen LogP contribution in [0.15, 0.2) is 36.4 Å². The number of aromatic nitrogens is 1. The lowest BCUT2D eigenvalue weighted by molar-refractivity contribution is -0.152. The molecule has 0 radical (unpaired) electrons. The molecule has 1 aliphatic rings. The van der Waals surface area contributed by atoms with Gasteiger partial charge in [-0.15, -0.1) is 0 Å². The molecule has 37 heavy (non-hydrogen) atoms. The summed E-state index contributed by atoms with van der Waals surface area (Å²) in [5.74, 6) is -2.62. The second-order valence-electron chi connectivity index (χ2n) is 9.22. The van der Waals surface area contributed by atoms with E-state index < -0.39 is 54.8 Å². The predicted molar refractivity (Wildman–Crippen MR) is 125 cm³/mol. The molecule has 12 heteroatoms. The molecule has 2 aromatic rings. The summed E-state index contributed by atoms with van der Waals surface area (Å²) < 4.78 is 71.3. The van der Waals surface area contributed by atoms with E-state index in [0.29, 0.717) is 11.3 Å². The average molecular weight is 530 g/mol. The smallest absolute Gasteiger partial charge is 0.388 e. The van der Waals surface area contributed by atoms with Crippen molar-refractivity contribution in [3.63, 3.8) is 0 Å². The summed E-state index contributed by atoms with van der Waals surface area (Å²) >= 11 is 0. The quantitative estimate of drug-likeness (QED) is 0.457. The van der Waals surface area contributed by atoms with Gasteiger partial charge in [0.1, 0.15) is 23.9 Å². The van der Waals surface area contributed by atoms with Gasteiger partial charge in [-0.05, 0) is 36.1 Å². The Kier molecular flexibility index (Phi) is 8.72. The highest BCUT2D eigenvalue weighted by molar-refractivity contribution is 6.03. The number of anilines is 1. The minimum absolute atomic E-state index is 0.0618. The Labute approximate surface area is 210 Å². The summed E-state index contributed by atoms with van der Waals surface area (Å²) in [6, 6.07) is 9.69. The molecule has 2 amide bonds. The number of ether oxygens (including phenoxy) is 1. The molecule has 3 atom stereocenters. The lowest BCUT2D eigenvalue weighted by Crippen LogP contribution is -2.68. The Balaban J connectivity index is 1.96. The van der Waals surface area contributed by atoms with Crippen LogP contribution in [0.4, 0.5) is 27.6 Å². The van der Waals surface area contributed by atoms with Gasteiger partial charge >= 0.3 is 6.61 Å². The molecule has 1 aliphatic heterocycles. The van der Waals surface area contributed by atoms with Gasteiger partial charge in [0, 0.05) is 18.8 Å². The van der Waals surface area contributed by atoms with Crippen LogP contribution in [0, 0.1) is 6.92 Å². The van der Waals surface area contributed by atoms with Crippen LogP contribution in [-0.2, 0) is 15.0 Å². The van der Waals surface area contributed by atoms with Crippen LogP contribution in [0.5, 0.6) is 5.88 Å². The van der Waals surface area contributed by atoms with Gasteiger partial charge in [0.2, 0.25) is 18.0 Å². The van der Waals surface area contributed by atoms with E-state index in [1.165, 1.54) is 12.1 Å². The lowest BCUT2D eigenvalue weighted by atomic mass is 9.69. The number of benzene rings is 1. The van der Waals surface area contributed by atoms with Crippen LogP contribution in [0.3, 0.4) is 0 Å². The van der Waals surface area contributed by atoms with E-state index in [0.717, 1.165) is 10.5 Å². The van der Waals surface area contributed by atoms with Gasteiger partial charge in [0.25, 0.3) is 5.91 Å². The minimum atomic E-state index is -3.20. The molecular formula is C25H28F5N3O4. The average Bonchev–Trinajstić information content (AvgIpc) is 2.83. The largest absolute Gasteiger partial charge is 0.415 e. The SMILES string of the molecule is Cc1ccc(NC(=O)C2(c3ccccc3C(C)C)CN(C(=O)C(F)C(F)C(O)CF)C2)c(OC(F)F)n1. The van der Waals surface area contributed by atoms with Gasteiger partial charge in [-0.25, -0.2) is 18.2 Å². The minimum Gasteiger partial charge on any atom is -0.415 e. The van der Waals surface area contributed by atoms with Crippen LogP contribution in [0.1, 0.15) is 36.6 Å². The summed E-state index contributed by atoms with van der Waals surface area (Å²) in [6.45, 7) is -0.203. The van der Waals surface area contributed by atoms with Crippen LogP contribution < -0.4 is 10.1 Å².